The summed E-state index contributed by atoms with van der Waals surface area (Å²) in [4.78, 5) is 15.9. The minimum Gasteiger partial charge on any atom is -0.480 e. The van der Waals surface area contributed by atoms with Crippen molar-refractivity contribution < 1.29 is 42.8 Å². The SMILES string of the molecule is O=C(O)COC1C(n2cc(-c3cc(F)c(F)c(F)c3)nn2)[C@@H](O)C(CO)O[C@@H]1Sc1cncc(Br)c1. The normalized spacial score (nSPS) is 24.1. The van der Waals surface area contributed by atoms with Gasteiger partial charge in [-0.05, 0) is 34.1 Å². The molecule has 1 aliphatic rings. The van der Waals surface area contributed by atoms with Crippen LogP contribution in [0.4, 0.5) is 13.2 Å². The average molecular weight is 591 g/mol. The molecule has 0 aliphatic carbocycles. The van der Waals surface area contributed by atoms with Gasteiger partial charge in [0.05, 0.1) is 12.8 Å². The summed E-state index contributed by atoms with van der Waals surface area (Å²) >= 11 is 4.42. The lowest BCUT2D eigenvalue weighted by Crippen LogP contribution is -2.56. The van der Waals surface area contributed by atoms with Gasteiger partial charge in [-0.15, -0.1) is 5.10 Å². The largest absolute Gasteiger partial charge is 0.480 e. The first-order valence-corrected chi connectivity index (χ1v) is 12.0. The first-order valence-electron chi connectivity index (χ1n) is 10.3. The molecule has 5 atom stereocenters. The maximum Gasteiger partial charge on any atom is 0.329 e. The number of rotatable bonds is 8. The van der Waals surface area contributed by atoms with Crippen LogP contribution in [0, 0.1) is 17.5 Å². The molecule has 0 bridgehead atoms. The highest BCUT2D eigenvalue weighted by Crippen LogP contribution is 2.40. The van der Waals surface area contributed by atoms with Crippen molar-refractivity contribution >= 4 is 33.7 Å². The van der Waals surface area contributed by atoms with Gasteiger partial charge in [-0.1, -0.05) is 17.0 Å². The summed E-state index contributed by atoms with van der Waals surface area (Å²) in [5, 5.41) is 37.7. The summed E-state index contributed by atoms with van der Waals surface area (Å²) in [6.45, 7) is -1.34. The Morgan fingerprint density at radius 2 is 1.94 bits per heavy atom. The molecule has 0 radical (unpaired) electrons. The van der Waals surface area contributed by atoms with Gasteiger partial charge in [0, 0.05) is 27.3 Å². The summed E-state index contributed by atoms with van der Waals surface area (Å²) in [6, 6.07) is 2.07. The molecule has 0 amide bonds. The van der Waals surface area contributed by atoms with Gasteiger partial charge in [0.25, 0.3) is 0 Å². The number of ether oxygens (including phenoxy) is 2. The third-order valence-electron chi connectivity index (χ3n) is 5.25. The fourth-order valence-corrected chi connectivity index (χ4v) is 5.33. The average Bonchev–Trinajstić information content (AvgIpc) is 3.31. The number of aliphatic carboxylic acids is 1. The van der Waals surface area contributed by atoms with Gasteiger partial charge in [0.1, 0.15) is 42.1 Å². The molecule has 0 spiro atoms. The van der Waals surface area contributed by atoms with Crippen molar-refractivity contribution in [2.45, 2.75) is 34.7 Å². The molecule has 3 heterocycles. The minimum absolute atomic E-state index is 0.0515. The van der Waals surface area contributed by atoms with Crippen LogP contribution in [0.5, 0.6) is 0 Å². The van der Waals surface area contributed by atoms with Crippen molar-refractivity contribution in [1.29, 1.82) is 0 Å². The minimum atomic E-state index is -1.64. The van der Waals surface area contributed by atoms with Crippen LogP contribution in [-0.2, 0) is 14.3 Å². The predicted molar refractivity (Wildman–Crippen MR) is 121 cm³/mol. The highest BCUT2D eigenvalue weighted by Gasteiger charge is 2.48. The van der Waals surface area contributed by atoms with Gasteiger partial charge >= 0.3 is 5.97 Å². The van der Waals surface area contributed by atoms with Gasteiger partial charge in [-0.2, -0.15) is 0 Å². The number of hydrogen-bond acceptors (Lipinski definition) is 9. The van der Waals surface area contributed by atoms with Crippen LogP contribution in [0.2, 0.25) is 0 Å². The van der Waals surface area contributed by atoms with E-state index in [1.807, 2.05) is 0 Å². The van der Waals surface area contributed by atoms with Gasteiger partial charge in [0.15, 0.2) is 17.5 Å². The topological polar surface area (TPSA) is 140 Å². The zero-order valence-electron chi connectivity index (χ0n) is 18.0. The number of hydrogen-bond donors (Lipinski definition) is 3. The van der Waals surface area contributed by atoms with E-state index in [1.165, 1.54) is 12.4 Å². The summed E-state index contributed by atoms with van der Waals surface area (Å²) in [5.74, 6) is -5.77. The third kappa shape index (κ3) is 5.71. The molecule has 1 saturated heterocycles. The Hall–Kier alpha value is -2.56. The van der Waals surface area contributed by atoms with Gasteiger partial charge in [-0.25, -0.2) is 22.6 Å². The monoisotopic (exact) mass is 590 g/mol. The fraction of sp³-hybridized carbons (Fsp3) is 0.333. The number of thioether (sulfide) groups is 1. The number of carboxylic acid groups (broad SMARTS) is 1. The lowest BCUT2D eigenvalue weighted by atomic mass is 9.97. The standard InChI is InChI=1S/C21H18BrF3N4O6S/c22-10-3-11(5-26-4-10)36-21-20(34-8-16(31)32)18(19(33)15(7-30)35-21)29-6-14(27-28-29)9-1-12(23)17(25)13(24)2-9/h1-6,15,18-21,30,33H,7-8H2,(H,31,32)/t15?,18?,19-,20?,21+/m0/s1. The van der Waals surface area contributed by atoms with E-state index in [0.717, 1.165) is 28.6 Å². The van der Waals surface area contributed by atoms with Crippen molar-refractivity contribution in [2.75, 3.05) is 13.2 Å². The van der Waals surface area contributed by atoms with Crippen LogP contribution in [0.1, 0.15) is 6.04 Å². The van der Waals surface area contributed by atoms with Crippen LogP contribution in [0.3, 0.4) is 0 Å². The summed E-state index contributed by atoms with van der Waals surface area (Å²) < 4.78 is 54.0. The first-order chi connectivity index (χ1) is 17.2. The lowest BCUT2D eigenvalue weighted by molar-refractivity contribution is -0.196. The van der Waals surface area contributed by atoms with Crippen LogP contribution in [0.15, 0.2) is 46.2 Å². The van der Waals surface area contributed by atoms with E-state index in [9.17, 15) is 33.3 Å². The predicted octanol–water partition coefficient (Wildman–Crippen LogP) is 2.40. The van der Waals surface area contributed by atoms with Crippen molar-refractivity contribution in [2.24, 2.45) is 0 Å². The number of carboxylic acids is 1. The number of aliphatic hydroxyl groups is 2. The van der Waals surface area contributed by atoms with Crippen molar-refractivity contribution in [3.05, 3.63) is 58.7 Å². The quantitative estimate of drug-likeness (QED) is 0.335. The number of aromatic nitrogens is 4. The number of carbonyl (C=O) groups is 1. The van der Waals surface area contributed by atoms with E-state index in [1.54, 1.807) is 12.3 Å². The Labute approximate surface area is 214 Å². The highest BCUT2D eigenvalue weighted by molar-refractivity contribution is 9.10. The molecule has 10 nitrogen and oxygen atoms in total. The van der Waals surface area contributed by atoms with Crippen LogP contribution >= 0.6 is 27.7 Å². The molecule has 3 aromatic rings. The van der Waals surface area contributed by atoms with Crippen molar-refractivity contribution in [3.63, 3.8) is 0 Å². The maximum absolute atomic E-state index is 13.7. The summed E-state index contributed by atoms with van der Waals surface area (Å²) in [6.07, 6.45) is 0.629. The smallest absolute Gasteiger partial charge is 0.329 e. The number of nitrogens with zero attached hydrogens (tertiary/aromatic N) is 4. The molecule has 15 heteroatoms. The summed E-state index contributed by atoms with van der Waals surface area (Å²) in [5.41, 5.74) is -1.11. The molecule has 2 aromatic heterocycles. The first kappa shape index (κ1) is 26.5. The Balaban J connectivity index is 1.71. The number of aliphatic hydroxyl groups excluding tert-OH is 2. The van der Waals surface area contributed by atoms with Gasteiger partial charge in [0.2, 0.25) is 0 Å². The van der Waals surface area contributed by atoms with E-state index in [2.05, 4.69) is 31.2 Å². The molecule has 3 unspecified atom stereocenters. The molecular weight excluding hydrogens is 573 g/mol. The molecule has 36 heavy (non-hydrogen) atoms. The number of halogens is 4. The van der Waals surface area contributed by atoms with E-state index in [-0.39, 0.29) is 11.3 Å². The third-order valence-corrected chi connectivity index (χ3v) is 6.79. The van der Waals surface area contributed by atoms with Crippen LogP contribution < -0.4 is 0 Å². The van der Waals surface area contributed by atoms with Crippen molar-refractivity contribution in [1.82, 2.24) is 20.0 Å². The Kier molecular flexibility index (Phi) is 8.27. The second kappa shape index (κ2) is 11.2. The van der Waals surface area contributed by atoms with E-state index in [0.29, 0.717) is 9.37 Å². The Morgan fingerprint density at radius 1 is 1.22 bits per heavy atom. The second-order valence-electron chi connectivity index (χ2n) is 7.67. The highest BCUT2D eigenvalue weighted by atomic mass is 79.9. The van der Waals surface area contributed by atoms with Gasteiger partial charge < -0.3 is 24.8 Å². The summed E-state index contributed by atoms with van der Waals surface area (Å²) in [7, 11) is 0. The maximum atomic E-state index is 13.7. The number of pyridine rings is 1. The molecule has 1 fully saturated rings. The van der Waals surface area contributed by atoms with Gasteiger partial charge in [-0.3, -0.25) is 4.98 Å². The van der Waals surface area contributed by atoms with Crippen LogP contribution in [0.25, 0.3) is 11.3 Å². The fourth-order valence-electron chi connectivity index (χ4n) is 3.65. The number of benzene rings is 1. The molecule has 1 aliphatic heterocycles. The molecule has 3 N–H and O–H groups in total. The van der Waals surface area contributed by atoms with Crippen molar-refractivity contribution in [3.8, 4) is 11.3 Å². The van der Waals surface area contributed by atoms with E-state index in [4.69, 9.17) is 9.47 Å². The van der Waals surface area contributed by atoms with Crippen LogP contribution in [-0.4, -0.2) is 78.2 Å². The Bertz CT molecular complexity index is 1230. The molecule has 1 aromatic carbocycles. The molecule has 0 saturated carbocycles. The van der Waals surface area contributed by atoms with E-state index < -0.39 is 66.4 Å². The molecule has 4 rings (SSSR count). The Morgan fingerprint density at radius 3 is 2.58 bits per heavy atom. The molecule has 192 valence electrons. The zero-order chi connectivity index (χ0) is 26.0. The lowest BCUT2D eigenvalue weighted by Gasteiger charge is -2.43. The second-order valence-corrected chi connectivity index (χ2v) is 9.76. The zero-order valence-corrected chi connectivity index (χ0v) is 20.4. The van der Waals surface area contributed by atoms with E-state index >= 15 is 0 Å². The molecular formula is C21H18BrF3N4O6S.